The molecular formula is C18H22NO4S-. The molecule has 0 bridgehead atoms. The number of rotatable bonds is 4. The first kappa shape index (κ1) is 17.1. The summed E-state index contributed by atoms with van der Waals surface area (Å²) in [5.41, 5.74) is 0.462. The number of thioether (sulfide) groups is 1. The van der Waals surface area contributed by atoms with Crippen LogP contribution in [0, 0.1) is 5.92 Å². The molecule has 0 aromatic heterocycles. The Morgan fingerprint density at radius 1 is 1.25 bits per heavy atom. The van der Waals surface area contributed by atoms with Crippen molar-refractivity contribution in [3.05, 3.63) is 29.8 Å². The monoisotopic (exact) mass is 348 g/mol. The summed E-state index contributed by atoms with van der Waals surface area (Å²) in [5, 5.41) is 11.5. The second kappa shape index (κ2) is 7.47. The van der Waals surface area contributed by atoms with Gasteiger partial charge in [0.05, 0.1) is 24.5 Å². The van der Waals surface area contributed by atoms with Crippen molar-refractivity contribution < 1.29 is 19.4 Å². The van der Waals surface area contributed by atoms with Gasteiger partial charge in [0.2, 0.25) is 0 Å². The van der Waals surface area contributed by atoms with E-state index in [4.69, 9.17) is 4.74 Å². The van der Waals surface area contributed by atoms with Crippen LogP contribution in [0.5, 0.6) is 5.75 Å². The molecule has 0 radical (unpaired) electrons. The summed E-state index contributed by atoms with van der Waals surface area (Å²) in [5.74, 6) is -0.0607. The molecular weight excluding hydrogens is 326 g/mol. The third kappa shape index (κ3) is 3.38. The van der Waals surface area contributed by atoms with Gasteiger partial charge in [-0.1, -0.05) is 25.3 Å². The summed E-state index contributed by atoms with van der Waals surface area (Å²) in [7, 11) is 1.55. The van der Waals surface area contributed by atoms with Gasteiger partial charge in [0.1, 0.15) is 5.75 Å². The summed E-state index contributed by atoms with van der Waals surface area (Å²) in [6, 6.07) is 6.03. The average Bonchev–Trinajstić information content (AvgIpc) is 3.07. The maximum Gasteiger partial charge on any atom is 0.255 e. The van der Waals surface area contributed by atoms with E-state index in [2.05, 4.69) is 0 Å². The van der Waals surface area contributed by atoms with Crippen LogP contribution in [0.25, 0.3) is 0 Å². The van der Waals surface area contributed by atoms with Gasteiger partial charge in [0.15, 0.2) is 0 Å². The van der Waals surface area contributed by atoms with Crippen molar-refractivity contribution in [2.24, 2.45) is 5.92 Å². The van der Waals surface area contributed by atoms with Gasteiger partial charge in [0, 0.05) is 11.3 Å². The first-order chi connectivity index (χ1) is 11.6. The number of carbonyl (C=O) groups is 2. The lowest BCUT2D eigenvalue weighted by atomic mass is 9.88. The van der Waals surface area contributed by atoms with E-state index in [-0.39, 0.29) is 11.3 Å². The lowest BCUT2D eigenvalue weighted by Crippen LogP contribution is -2.52. The molecule has 3 rings (SSSR count). The van der Waals surface area contributed by atoms with Crippen LogP contribution in [0.15, 0.2) is 24.3 Å². The number of methoxy groups -OCH3 is 1. The van der Waals surface area contributed by atoms with Gasteiger partial charge in [-0.25, -0.2) is 0 Å². The van der Waals surface area contributed by atoms with Crippen LogP contribution in [-0.2, 0) is 4.79 Å². The molecule has 24 heavy (non-hydrogen) atoms. The van der Waals surface area contributed by atoms with Crippen molar-refractivity contribution >= 4 is 23.6 Å². The maximum absolute atomic E-state index is 13.0. The maximum atomic E-state index is 13.0. The highest BCUT2D eigenvalue weighted by Gasteiger charge is 2.42. The van der Waals surface area contributed by atoms with Crippen molar-refractivity contribution in [3.63, 3.8) is 0 Å². The molecule has 6 heteroatoms. The Balaban J connectivity index is 1.88. The number of carboxylic acids is 1. The first-order valence-corrected chi connectivity index (χ1v) is 9.46. The van der Waals surface area contributed by atoms with E-state index >= 15 is 0 Å². The quantitative estimate of drug-likeness (QED) is 0.831. The molecule has 1 amide bonds. The minimum absolute atomic E-state index is 0.0769. The van der Waals surface area contributed by atoms with Crippen molar-refractivity contribution in [1.29, 1.82) is 0 Å². The molecule has 1 aromatic rings. The Kier molecular flexibility index (Phi) is 5.33. The van der Waals surface area contributed by atoms with E-state index in [9.17, 15) is 14.7 Å². The van der Waals surface area contributed by atoms with Gasteiger partial charge < -0.3 is 19.5 Å². The Morgan fingerprint density at radius 3 is 2.67 bits per heavy atom. The Labute approximate surface area is 146 Å². The van der Waals surface area contributed by atoms with Gasteiger partial charge >= 0.3 is 0 Å². The number of amides is 1. The third-order valence-corrected chi connectivity index (χ3v) is 6.37. The molecule has 5 nitrogen and oxygen atoms in total. The zero-order chi connectivity index (χ0) is 17.1. The topological polar surface area (TPSA) is 69.7 Å². The van der Waals surface area contributed by atoms with Crippen molar-refractivity contribution in [1.82, 2.24) is 4.90 Å². The molecule has 2 fully saturated rings. The van der Waals surface area contributed by atoms with Crippen molar-refractivity contribution in [2.45, 2.75) is 43.5 Å². The molecule has 0 unspecified atom stereocenters. The van der Waals surface area contributed by atoms with Gasteiger partial charge in [-0.05, 0) is 37.0 Å². The van der Waals surface area contributed by atoms with Gasteiger partial charge in [-0.15, -0.1) is 11.8 Å². The summed E-state index contributed by atoms with van der Waals surface area (Å²) < 4.78 is 5.18. The largest absolute Gasteiger partial charge is 0.548 e. The van der Waals surface area contributed by atoms with Crippen molar-refractivity contribution in [3.8, 4) is 5.75 Å². The number of ether oxygens (including phenoxy) is 1. The van der Waals surface area contributed by atoms with Crippen molar-refractivity contribution in [2.75, 3.05) is 12.9 Å². The fraction of sp³-hybridized carbons (Fsp3) is 0.556. The van der Waals surface area contributed by atoms with Gasteiger partial charge in [-0.2, -0.15) is 0 Å². The highest BCUT2D eigenvalue weighted by atomic mass is 32.2. The molecule has 2 aliphatic rings. The number of carbonyl (C=O) groups excluding carboxylic acids is 2. The smallest absolute Gasteiger partial charge is 0.255 e. The normalized spacial score (nSPS) is 24.8. The van der Waals surface area contributed by atoms with Gasteiger partial charge in [0.25, 0.3) is 5.91 Å². The van der Waals surface area contributed by atoms with Crippen LogP contribution in [0.4, 0.5) is 0 Å². The van der Waals surface area contributed by atoms with Crippen LogP contribution >= 0.6 is 11.8 Å². The zero-order valence-corrected chi connectivity index (χ0v) is 14.6. The molecule has 2 atom stereocenters. The second-order valence-electron chi connectivity index (χ2n) is 6.40. The molecule has 1 aromatic carbocycles. The van der Waals surface area contributed by atoms with E-state index in [0.29, 0.717) is 23.0 Å². The van der Waals surface area contributed by atoms with E-state index in [0.717, 1.165) is 25.7 Å². The highest BCUT2D eigenvalue weighted by Crippen LogP contribution is 2.41. The fourth-order valence-electron chi connectivity index (χ4n) is 3.65. The molecule has 1 saturated carbocycles. The minimum Gasteiger partial charge on any atom is -0.548 e. The molecule has 0 N–H and O–H groups in total. The standard InChI is InChI=1S/C18H23NO4S/c1-23-14-9-5-8-13(10-14)16(20)19-15(18(21)22)11-24-17(19)12-6-3-2-4-7-12/h5,8-10,12,15,17H,2-4,6-7,11H2,1H3,(H,21,22)/p-1/t15-,17-/m0/s1. The highest BCUT2D eigenvalue weighted by molar-refractivity contribution is 8.00. The number of benzene rings is 1. The molecule has 1 aliphatic carbocycles. The molecule has 130 valence electrons. The number of carboxylic acid groups (broad SMARTS) is 1. The molecule has 0 spiro atoms. The van der Waals surface area contributed by atoms with E-state index in [1.165, 1.54) is 6.42 Å². The SMILES string of the molecule is COc1cccc(C(=O)N2[C@H](C(=O)[O-])CS[C@H]2C2CCCCC2)c1. The number of hydrogen-bond acceptors (Lipinski definition) is 5. The fourth-order valence-corrected chi connectivity index (χ4v) is 5.28. The number of aliphatic carboxylic acids is 1. The van der Waals surface area contributed by atoms with Crippen LogP contribution in [-0.4, -0.2) is 41.1 Å². The second-order valence-corrected chi connectivity index (χ2v) is 7.55. The summed E-state index contributed by atoms with van der Waals surface area (Å²) in [4.78, 5) is 26.2. The van der Waals surface area contributed by atoms with Crippen LogP contribution in [0.1, 0.15) is 42.5 Å². The molecule has 1 saturated heterocycles. The lowest BCUT2D eigenvalue weighted by molar-refractivity contribution is -0.310. The minimum atomic E-state index is -1.17. The predicted molar refractivity (Wildman–Crippen MR) is 90.8 cm³/mol. The van der Waals surface area contributed by atoms with E-state index < -0.39 is 12.0 Å². The number of nitrogens with zero attached hydrogens (tertiary/aromatic N) is 1. The first-order valence-electron chi connectivity index (χ1n) is 8.41. The average molecular weight is 348 g/mol. The summed E-state index contributed by atoms with van der Waals surface area (Å²) in [6.45, 7) is 0. The summed E-state index contributed by atoms with van der Waals surface area (Å²) in [6.07, 6.45) is 5.64. The van der Waals surface area contributed by atoms with Crippen LogP contribution in [0.3, 0.4) is 0 Å². The lowest BCUT2D eigenvalue weighted by Gasteiger charge is -2.36. The predicted octanol–water partition coefficient (Wildman–Crippen LogP) is 1.91. The third-order valence-electron chi connectivity index (χ3n) is 4.91. The number of hydrogen-bond donors (Lipinski definition) is 0. The van der Waals surface area contributed by atoms with E-state index in [1.54, 1.807) is 48.0 Å². The van der Waals surface area contributed by atoms with Gasteiger partial charge in [-0.3, -0.25) is 4.79 Å². The Bertz CT molecular complexity index is 615. The Morgan fingerprint density at radius 2 is 2.00 bits per heavy atom. The zero-order valence-electron chi connectivity index (χ0n) is 13.8. The molecule has 1 aliphatic heterocycles. The van der Waals surface area contributed by atoms with Crippen LogP contribution < -0.4 is 9.84 Å². The molecule has 1 heterocycles. The summed E-state index contributed by atoms with van der Waals surface area (Å²) >= 11 is 1.58. The Hall–Kier alpha value is -1.69. The van der Waals surface area contributed by atoms with Crippen LogP contribution in [0.2, 0.25) is 0 Å². The van der Waals surface area contributed by atoms with E-state index in [1.807, 2.05) is 0 Å².